The van der Waals surface area contributed by atoms with Crippen LogP contribution in [-0.2, 0) is 4.74 Å². The number of nitrogens with zero attached hydrogens (tertiary/aromatic N) is 3. The van der Waals surface area contributed by atoms with E-state index in [4.69, 9.17) is 16.3 Å². The maximum absolute atomic E-state index is 12.4. The maximum Gasteiger partial charge on any atom is 0.290 e. The summed E-state index contributed by atoms with van der Waals surface area (Å²) >= 11 is 5.98. The van der Waals surface area contributed by atoms with E-state index in [-0.39, 0.29) is 11.7 Å². The Morgan fingerprint density at radius 3 is 2.58 bits per heavy atom. The molecule has 2 aromatic carbocycles. The molecule has 3 aromatic rings. The van der Waals surface area contributed by atoms with Crippen molar-refractivity contribution in [2.75, 3.05) is 20.3 Å². The average Bonchev–Trinajstić information content (AvgIpc) is 3.12. The van der Waals surface area contributed by atoms with E-state index in [2.05, 4.69) is 15.4 Å². The van der Waals surface area contributed by atoms with Crippen LogP contribution in [0.1, 0.15) is 17.0 Å². The zero-order valence-corrected chi connectivity index (χ0v) is 15.1. The van der Waals surface area contributed by atoms with E-state index in [1.165, 1.54) is 0 Å². The Kier molecular flexibility index (Phi) is 5.99. The highest BCUT2D eigenvalue weighted by Crippen LogP contribution is 2.23. The maximum atomic E-state index is 12.4. The molecule has 0 atom stereocenters. The summed E-state index contributed by atoms with van der Waals surface area (Å²) in [6.45, 7) is 1.09. The molecule has 0 saturated carbocycles. The average molecular weight is 371 g/mol. The number of hydrogen-bond acceptors (Lipinski definition) is 4. The molecule has 26 heavy (non-hydrogen) atoms. The van der Waals surface area contributed by atoms with Gasteiger partial charge in [-0.2, -0.15) is 0 Å². The molecule has 3 rings (SSSR count). The number of halogens is 1. The van der Waals surface area contributed by atoms with Gasteiger partial charge in [0.15, 0.2) is 5.82 Å². The van der Waals surface area contributed by atoms with Crippen molar-refractivity contribution in [3.8, 4) is 17.1 Å². The molecule has 0 bridgehead atoms. The Morgan fingerprint density at radius 1 is 1.15 bits per heavy atom. The van der Waals surface area contributed by atoms with Gasteiger partial charge in [-0.25, -0.2) is 9.67 Å². The van der Waals surface area contributed by atoms with Gasteiger partial charge in [0.1, 0.15) is 0 Å². The Labute approximate surface area is 156 Å². The van der Waals surface area contributed by atoms with Gasteiger partial charge < -0.3 is 10.1 Å². The predicted molar refractivity (Wildman–Crippen MR) is 101 cm³/mol. The number of methoxy groups -OCH3 is 1. The molecule has 1 amide bonds. The van der Waals surface area contributed by atoms with Crippen molar-refractivity contribution in [2.45, 2.75) is 6.42 Å². The van der Waals surface area contributed by atoms with Gasteiger partial charge in [0.25, 0.3) is 5.91 Å². The number of hydrogen-bond donors (Lipinski definition) is 1. The predicted octanol–water partition coefficient (Wildman–Crippen LogP) is 3.35. The third-order valence-electron chi connectivity index (χ3n) is 3.72. The zero-order chi connectivity index (χ0) is 18.4. The van der Waals surface area contributed by atoms with E-state index in [1.54, 1.807) is 23.9 Å². The van der Waals surface area contributed by atoms with Gasteiger partial charge in [0.2, 0.25) is 5.82 Å². The van der Waals surface area contributed by atoms with Crippen molar-refractivity contribution in [1.29, 1.82) is 0 Å². The molecular formula is C19H19ClN4O2. The fraction of sp³-hybridized carbons (Fsp3) is 0.211. The Balaban J connectivity index is 1.93. The van der Waals surface area contributed by atoms with E-state index in [0.29, 0.717) is 24.0 Å². The molecule has 0 saturated heterocycles. The number of carbonyl (C=O) groups is 1. The molecule has 0 unspecified atom stereocenters. The van der Waals surface area contributed by atoms with E-state index in [9.17, 15) is 4.79 Å². The Hall–Kier alpha value is -2.70. The summed E-state index contributed by atoms with van der Waals surface area (Å²) in [5, 5.41) is 7.85. The quantitative estimate of drug-likeness (QED) is 0.647. The number of rotatable bonds is 7. The number of amides is 1. The zero-order valence-electron chi connectivity index (χ0n) is 14.4. The van der Waals surface area contributed by atoms with Crippen molar-refractivity contribution in [3.63, 3.8) is 0 Å². The number of carbonyl (C=O) groups excluding carboxylic acids is 1. The fourth-order valence-corrected chi connectivity index (χ4v) is 2.57. The second-order valence-corrected chi connectivity index (χ2v) is 6.05. The first-order valence-corrected chi connectivity index (χ1v) is 8.62. The molecule has 0 aliphatic heterocycles. The summed E-state index contributed by atoms with van der Waals surface area (Å²) in [5.74, 6) is 0.386. The summed E-state index contributed by atoms with van der Waals surface area (Å²) in [7, 11) is 1.63. The second kappa shape index (κ2) is 8.60. The highest BCUT2D eigenvalue weighted by Gasteiger charge is 2.18. The van der Waals surface area contributed by atoms with E-state index in [0.717, 1.165) is 17.7 Å². The lowest BCUT2D eigenvalue weighted by atomic mass is 10.2. The van der Waals surface area contributed by atoms with Crippen LogP contribution in [0.15, 0.2) is 54.6 Å². The number of aromatic nitrogens is 3. The van der Waals surface area contributed by atoms with Gasteiger partial charge in [-0.1, -0.05) is 29.8 Å². The van der Waals surface area contributed by atoms with Crippen LogP contribution in [0.4, 0.5) is 0 Å². The minimum Gasteiger partial charge on any atom is -0.385 e. The minimum absolute atomic E-state index is 0.121. The molecule has 134 valence electrons. The third-order valence-corrected chi connectivity index (χ3v) is 3.98. The minimum atomic E-state index is -0.314. The van der Waals surface area contributed by atoms with Crippen LogP contribution in [0.5, 0.6) is 0 Å². The summed E-state index contributed by atoms with van der Waals surface area (Å²) in [6.07, 6.45) is 0.728. The molecule has 0 aliphatic carbocycles. The molecule has 0 fully saturated rings. The lowest BCUT2D eigenvalue weighted by Crippen LogP contribution is -2.26. The smallest absolute Gasteiger partial charge is 0.290 e. The Morgan fingerprint density at radius 2 is 1.88 bits per heavy atom. The lowest BCUT2D eigenvalue weighted by Gasteiger charge is -2.05. The standard InChI is InChI=1S/C19H19ClN4O2/c1-26-13-5-12-21-19(25)17-22-18(14-8-10-15(20)11-9-14)24(23-17)16-6-3-2-4-7-16/h2-4,6-11H,5,12-13H2,1H3,(H,21,25). The molecule has 1 heterocycles. The van der Waals surface area contributed by atoms with E-state index in [1.807, 2.05) is 42.5 Å². The monoisotopic (exact) mass is 370 g/mol. The summed E-state index contributed by atoms with van der Waals surface area (Å²) < 4.78 is 6.64. The summed E-state index contributed by atoms with van der Waals surface area (Å²) in [6, 6.07) is 16.8. The van der Waals surface area contributed by atoms with Gasteiger partial charge in [0, 0.05) is 30.8 Å². The first kappa shape index (κ1) is 18.1. The molecule has 0 spiro atoms. The molecule has 6 nitrogen and oxygen atoms in total. The van der Waals surface area contributed by atoms with Crippen molar-refractivity contribution in [3.05, 3.63) is 65.4 Å². The molecule has 0 radical (unpaired) electrons. The third kappa shape index (κ3) is 4.28. The van der Waals surface area contributed by atoms with Crippen LogP contribution >= 0.6 is 11.6 Å². The molecule has 1 N–H and O–H groups in total. The first-order valence-electron chi connectivity index (χ1n) is 8.24. The Bertz CT molecular complexity index is 863. The normalized spacial score (nSPS) is 10.7. The highest BCUT2D eigenvalue weighted by molar-refractivity contribution is 6.30. The van der Waals surface area contributed by atoms with Crippen molar-refractivity contribution in [2.24, 2.45) is 0 Å². The van der Waals surface area contributed by atoms with Crippen LogP contribution in [0.2, 0.25) is 5.02 Å². The second-order valence-electron chi connectivity index (χ2n) is 5.62. The first-order chi connectivity index (χ1) is 12.7. The molecule has 0 aliphatic rings. The van der Waals surface area contributed by atoms with Crippen molar-refractivity contribution in [1.82, 2.24) is 20.1 Å². The topological polar surface area (TPSA) is 69.0 Å². The number of ether oxygens (including phenoxy) is 1. The van der Waals surface area contributed by atoms with Crippen molar-refractivity contribution >= 4 is 17.5 Å². The lowest BCUT2D eigenvalue weighted by molar-refractivity contribution is 0.0938. The fourth-order valence-electron chi connectivity index (χ4n) is 2.44. The van der Waals surface area contributed by atoms with Crippen LogP contribution < -0.4 is 5.32 Å². The molecular weight excluding hydrogens is 352 g/mol. The van der Waals surface area contributed by atoms with Gasteiger partial charge in [0.05, 0.1) is 5.69 Å². The van der Waals surface area contributed by atoms with Gasteiger partial charge >= 0.3 is 0 Å². The largest absolute Gasteiger partial charge is 0.385 e. The summed E-state index contributed by atoms with van der Waals surface area (Å²) in [5.41, 5.74) is 1.65. The summed E-state index contributed by atoms with van der Waals surface area (Å²) in [4.78, 5) is 16.8. The van der Waals surface area contributed by atoms with Gasteiger partial charge in [-0.15, -0.1) is 5.10 Å². The van der Waals surface area contributed by atoms with Crippen LogP contribution in [0, 0.1) is 0 Å². The van der Waals surface area contributed by atoms with Gasteiger partial charge in [-0.3, -0.25) is 4.79 Å². The molecule has 7 heteroatoms. The highest BCUT2D eigenvalue weighted by atomic mass is 35.5. The number of nitrogens with one attached hydrogen (secondary N) is 1. The van der Waals surface area contributed by atoms with E-state index < -0.39 is 0 Å². The van der Waals surface area contributed by atoms with E-state index >= 15 is 0 Å². The molecule has 1 aromatic heterocycles. The van der Waals surface area contributed by atoms with Crippen LogP contribution in [-0.4, -0.2) is 40.9 Å². The number of benzene rings is 2. The number of para-hydroxylation sites is 1. The van der Waals surface area contributed by atoms with Gasteiger partial charge in [-0.05, 0) is 42.8 Å². The van der Waals surface area contributed by atoms with Crippen LogP contribution in [0.25, 0.3) is 17.1 Å². The van der Waals surface area contributed by atoms with Crippen molar-refractivity contribution < 1.29 is 9.53 Å². The van der Waals surface area contributed by atoms with Crippen LogP contribution in [0.3, 0.4) is 0 Å². The SMILES string of the molecule is COCCCNC(=O)c1nc(-c2ccc(Cl)cc2)n(-c2ccccc2)n1.